The zero-order valence-corrected chi connectivity index (χ0v) is 20.6. The zero-order valence-electron chi connectivity index (χ0n) is 19.7. The largest absolute Gasteiger partial charge is 0.256 e. The summed E-state index contributed by atoms with van der Waals surface area (Å²) in [7, 11) is 0. The second kappa shape index (κ2) is 12.9. The van der Waals surface area contributed by atoms with E-state index in [-0.39, 0.29) is 17.1 Å². The quantitative estimate of drug-likeness (QED) is 0.246. The summed E-state index contributed by atoms with van der Waals surface area (Å²) >= 11 is 0. The molecule has 6 rings (SSSR count). The summed E-state index contributed by atoms with van der Waals surface area (Å²) in [5.74, 6) is 0. The van der Waals surface area contributed by atoms with Gasteiger partial charge in [-0.05, 0) is 72.8 Å². The van der Waals surface area contributed by atoms with E-state index in [0.717, 1.165) is 45.3 Å². The van der Waals surface area contributed by atoms with Crippen molar-refractivity contribution in [2.24, 2.45) is 0 Å². The fourth-order valence-corrected chi connectivity index (χ4v) is 3.68. The van der Waals surface area contributed by atoms with Crippen molar-refractivity contribution in [2.45, 2.75) is 0 Å². The molecule has 0 amide bonds. The molecular weight excluding hydrogens is 508 g/mol. The molecule has 37 heavy (non-hydrogen) atoms. The molecule has 0 aliphatic rings. The zero-order chi connectivity index (χ0) is 24.4. The van der Waals surface area contributed by atoms with Crippen LogP contribution in [-0.2, 0) is 17.1 Å². The summed E-state index contributed by atoms with van der Waals surface area (Å²) in [6.07, 6.45) is 10.7. The van der Waals surface area contributed by atoms with Crippen LogP contribution in [0.5, 0.6) is 0 Å². The van der Waals surface area contributed by atoms with Crippen molar-refractivity contribution in [3.8, 4) is 45.3 Å². The van der Waals surface area contributed by atoms with Gasteiger partial charge in [-0.1, -0.05) is 24.3 Å². The molecule has 0 N–H and O–H groups in total. The van der Waals surface area contributed by atoms with Crippen LogP contribution in [0.2, 0.25) is 0 Å². The molecule has 0 aliphatic carbocycles. The van der Waals surface area contributed by atoms with Gasteiger partial charge in [0.05, 0.1) is 34.2 Å². The van der Waals surface area contributed by atoms with Gasteiger partial charge in [0.15, 0.2) is 0 Å². The SMILES string of the molecule is [Cu].c1ccc(-c2cccnc2-c2ccccn2)nc1.c1ccc(-c2cccnc2-c2ccccn2)nc1. The Bertz CT molecular complexity index is 1280. The van der Waals surface area contributed by atoms with Crippen molar-refractivity contribution in [1.82, 2.24) is 29.9 Å². The average molecular weight is 530 g/mol. The van der Waals surface area contributed by atoms with Gasteiger partial charge in [0.2, 0.25) is 0 Å². The Morgan fingerprint density at radius 1 is 0.297 bits per heavy atom. The molecule has 183 valence electrons. The van der Waals surface area contributed by atoms with Crippen LogP contribution in [0, 0.1) is 0 Å². The van der Waals surface area contributed by atoms with E-state index < -0.39 is 0 Å². The van der Waals surface area contributed by atoms with Crippen LogP contribution in [0.3, 0.4) is 0 Å². The second-order valence-corrected chi connectivity index (χ2v) is 7.66. The summed E-state index contributed by atoms with van der Waals surface area (Å²) in [4.78, 5) is 26.3. The van der Waals surface area contributed by atoms with E-state index in [1.165, 1.54) is 0 Å². The minimum Gasteiger partial charge on any atom is -0.256 e. The number of nitrogens with zero attached hydrogens (tertiary/aromatic N) is 6. The van der Waals surface area contributed by atoms with E-state index in [0.29, 0.717) is 0 Å². The molecule has 6 aromatic rings. The van der Waals surface area contributed by atoms with Crippen molar-refractivity contribution >= 4 is 0 Å². The Morgan fingerprint density at radius 3 is 0.946 bits per heavy atom. The Balaban J connectivity index is 0.000000168. The van der Waals surface area contributed by atoms with E-state index in [4.69, 9.17) is 0 Å². The third-order valence-electron chi connectivity index (χ3n) is 5.31. The first kappa shape index (κ1) is 25.5. The van der Waals surface area contributed by atoms with Gasteiger partial charge >= 0.3 is 0 Å². The maximum absolute atomic E-state index is 4.42. The maximum atomic E-state index is 4.42. The van der Waals surface area contributed by atoms with Crippen molar-refractivity contribution in [3.63, 3.8) is 0 Å². The molecule has 0 unspecified atom stereocenters. The van der Waals surface area contributed by atoms with Crippen LogP contribution in [0.1, 0.15) is 0 Å². The molecule has 0 saturated carbocycles. The predicted octanol–water partition coefficient (Wildman–Crippen LogP) is 6.41. The Hall–Kier alpha value is -4.58. The normalized spacial score (nSPS) is 9.95. The number of aromatic nitrogens is 6. The Morgan fingerprint density at radius 2 is 0.622 bits per heavy atom. The summed E-state index contributed by atoms with van der Waals surface area (Å²) in [5, 5.41) is 0. The van der Waals surface area contributed by atoms with Gasteiger partial charge in [0.1, 0.15) is 0 Å². The molecule has 6 heterocycles. The van der Waals surface area contributed by atoms with Crippen LogP contribution in [0.15, 0.2) is 134 Å². The monoisotopic (exact) mass is 529 g/mol. The van der Waals surface area contributed by atoms with Crippen LogP contribution in [0.4, 0.5) is 0 Å². The van der Waals surface area contributed by atoms with Gasteiger partial charge in [-0.15, -0.1) is 0 Å². The van der Waals surface area contributed by atoms with Gasteiger partial charge in [-0.25, -0.2) is 0 Å². The average Bonchev–Trinajstić information content (AvgIpc) is 2.99. The summed E-state index contributed by atoms with van der Waals surface area (Å²) in [6.45, 7) is 0. The van der Waals surface area contributed by atoms with Crippen molar-refractivity contribution in [2.75, 3.05) is 0 Å². The molecule has 7 heteroatoms. The van der Waals surface area contributed by atoms with E-state index in [1.807, 2.05) is 97.1 Å². The van der Waals surface area contributed by atoms with Gasteiger partial charge in [-0.2, -0.15) is 0 Å². The first-order valence-corrected chi connectivity index (χ1v) is 11.5. The van der Waals surface area contributed by atoms with Crippen LogP contribution < -0.4 is 0 Å². The molecule has 0 fully saturated rings. The van der Waals surface area contributed by atoms with Crippen LogP contribution in [0.25, 0.3) is 45.3 Å². The topological polar surface area (TPSA) is 77.3 Å². The molecule has 0 bridgehead atoms. The van der Waals surface area contributed by atoms with Crippen molar-refractivity contribution in [1.29, 1.82) is 0 Å². The molecule has 0 saturated heterocycles. The van der Waals surface area contributed by atoms with Crippen LogP contribution >= 0.6 is 0 Å². The number of pyridine rings is 6. The fourth-order valence-electron chi connectivity index (χ4n) is 3.68. The minimum atomic E-state index is 0. The fraction of sp³-hybridized carbons (Fsp3) is 0. The van der Waals surface area contributed by atoms with E-state index >= 15 is 0 Å². The molecule has 0 aliphatic heterocycles. The summed E-state index contributed by atoms with van der Waals surface area (Å²) in [6, 6.07) is 31.2. The summed E-state index contributed by atoms with van der Waals surface area (Å²) in [5.41, 5.74) is 7.25. The Kier molecular flexibility index (Phi) is 8.91. The van der Waals surface area contributed by atoms with E-state index in [9.17, 15) is 0 Å². The first-order chi connectivity index (χ1) is 17.9. The minimum absolute atomic E-state index is 0. The number of hydrogen-bond acceptors (Lipinski definition) is 6. The maximum Gasteiger partial charge on any atom is 0.0980 e. The molecule has 0 aromatic carbocycles. The van der Waals surface area contributed by atoms with Gasteiger partial charge < -0.3 is 0 Å². The van der Waals surface area contributed by atoms with E-state index in [1.54, 1.807) is 37.2 Å². The smallest absolute Gasteiger partial charge is 0.0980 e. The second-order valence-electron chi connectivity index (χ2n) is 7.66. The number of hydrogen-bond donors (Lipinski definition) is 0. The standard InChI is InChI=1S/2C15H11N3.Cu/c2*1-3-9-16-13(7-1)12-6-5-11-18-15(12)14-8-2-4-10-17-14;/h2*1-11H;. The third-order valence-corrected chi connectivity index (χ3v) is 5.31. The van der Waals surface area contributed by atoms with Gasteiger partial charge in [-0.3, -0.25) is 29.9 Å². The molecule has 6 nitrogen and oxygen atoms in total. The van der Waals surface area contributed by atoms with Gasteiger partial charge in [0, 0.05) is 65.4 Å². The predicted molar refractivity (Wildman–Crippen MR) is 141 cm³/mol. The molecule has 0 spiro atoms. The molecule has 1 radical (unpaired) electrons. The van der Waals surface area contributed by atoms with Crippen molar-refractivity contribution in [3.05, 3.63) is 134 Å². The molecule has 0 atom stereocenters. The third kappa shape index (κ3) is 6.35. The van der Waals surface area contributed by atoms with Crippen LogP contribution in [-0.4, -0.2) is 29.9 Å². The van der Waals surface area contributed by atoms with E-state index in [2.05, 4.69) is 29.9 Å². The first-order valence-electron chi connectivity index (χ1n) is 11.5. The molecule has 6 aromatic heterocycles. The Labute approximate surface area is 226 Å². The van der Waals surface area contributed by atoms with Crippen molar-refractivity contribution < 1.29 is 17.1 Å². The van der Waals surface area contributed by atoms with Gasteiger partial charge in [0.25, 0.3) is 0 Å². The summed E-state index contributed by atoms with van der Waals surface area (Å²) < 4.78 is 0. The number of rotatable bonds is 4. The molecular formula is C30H22CuN6.